The highest BCUT2D eigenvalue weighted by Crippen LogP contribution is 2.67. The number of aliphatic hydroxyl groups is 1. The molecule has 31 heavy (non-hydrogen) atoms. The molecule has 5 heteroatoms. The lowest BCUT2D eigenvalue weighted by Gasteiger charge is -2.42. The van der Waals surface area contributed by atoms with Crippen LogP contribution in [0.15, 0.2) is 50.5 Å². The monoisotopic (exact) mass is 548 g/mol. The van der Waals surface area contributed by atoms with Crippen molar-refractivity contribution in [1.29, 1.82) is 0 Å². The fourth-order valence-corrected chi connectivity index (χ4v) is 8.73. The summed E-state index contributed by atoms with van der Waals surface area (Å²) in [5.74, 6) is 3.70. The highest BCUT2D eigenvalue weighted by molar-refractivity contribution is 9.12. The number of rotatable bonds is 7. The summed E-state index contributed by atoms with van der Waals surface area (Å²) in [6.07, 6.45) is 18.9. The fraction of sp³-hybridized carbons (Fsp3) is 0.654. The van der Waals surface area contributed by atoms with E-state index in [0.717, 1.165) is 47.4 Å². The van der Waals surface area contributed by atoms with Gasteiger partial charge in [0.2, 0.25) is 0 Å². The summed E-state index contributed by atoms with van der Waals surface area (Å²) in [6, 6.07) is 0. The molecule has 6 aliphatic rings. The Morgan fingerprint density at radius 2 is 1.97 bits per heavy atom. The summed E-state index contributed by atoms with van der Waals surface area (Å²) in [5.41, 5.74) is 4.63. The van der Waals surface area contributed by atoms with Crippen LogP contribution >= 0.6 is 31.9 Å². The quantitative estimate of drug-likeness (QED) is 0.243. The third kappa shape index (κ3) is 4.62. The Labute approximate surface area is 203 Å². The maximum Gasteiger partial charge on any atom is 0.0965 e. The first kappa shape index (κ1) is 22.3. The largest absolute Gasteiger partial charge is 0.387 e. The van der Waals surface area contributed by atoms with Gasteiger partial charge in [-0.1, -0.05) is 61.2 Å². The predicted octanol–water partition coefficient (Wildman–Crippen LogP) is 5.71. The molecule has 0 aromatic rings. The van der Waals surface area contributed by atoms with Crippen molar-refractivity contribution in [3.8, 4) is 0 Å². The normalized spacial score (nSPS) is 41.4. The summed E-state index contributed by atoms with van der Waals surface area (Å²) < 4.78 is 0.978. The maximum absolute atomic E-state index is 10.2. The molecule has 6 rings (SSSR count). The molecule has 0 radical (unpaired) electrons. The van der Waals surface area contributed by atoms with Gasteiger partial charge < -0.3 is 10.4 Å². The molecule has 3 nitrogen and oxygen atoms in total. The van der Waals surface area contributed by atoms with E-state index in [0.29, 0.717) is 11.3 Å². The molecule has 0 aliphatic heterocycles. The number of hydrogen-bond donors (Lipinski definition) is 2. The molecular formula is C26H34Br2N2O. The van der Waals surface area contributed by atoms with Crippen LogP contribution in [-0.2, 0) is 0 Å². The van der Waals surface area contributed by atoms with Crippen LogP contribution < -0.4 is 5.32 Å². The van der Waals surface area contributed by atoms with Gasteiger partial charge in [-0.2, -0.15) is 0 Å². The summed E-state index contributed by atoms with van der Waals surface area (Å²) in [5, 5.41) is 13.9. The molecule has 0 saturated heterocycles. The van der Waals surface area contributed by atoms with E-state index < -0.39 is 6.10 Å². The van der Waals surface area contributed by atoms with E-state index in [2.05, 4.69) is 61.2 Å². The molecule has 0 spiro atoms. The van der Waals surface area contributed by atoms with Gasteiger partial charge in [-0.3, -0.25) is 4.99 Å². The number of aliphatic imine (C=N–C) groups is 1. The van der Waals surface area contributed by atoms with Crippen LogP contribution in [-0.4, -0.2) is 41.9 Å². The Hall–Kier alpha value is -0.490. The van der Waals surface area contributed by atoms with Gasteiger partial charge in [0, 0.05) is 29.4 Å². The zero-order valence-electron chi connectivity index (χ0n) is 18.4. The van der Waals surface area contributed by atoms with E-state index in [1.807, 2.05) is 18.4 Å². The van der Waals surface area contributed by atoms with Crippen molar-refractivity contribution >= 4 is 38.1 Å². The predicted molar refractivity (Wildman–Crippen MR) is 136 cm³/mol. The van der Waals surface area contributed by atoms with Crippen LogP contribution in [0.5, 0.6) is 0 Å². The molecule has 4 fully saturated rings. The van der Waals surface area contributed by atoms with Crippen molar-refractivity contribution in [2.45, 2.75) is 56.4 Å². The van der Waals surface area contributed by atoms with E-state index in [1.165, 1.54) is 44.1 Å². The summed E-state index contributed by atoms with van der Waals surface area (Å²) >= 11 is 6.98. The van der Waals surface area contributed by atoms with Gasteiger partial charge >= 0.3 is 0 Å². The van der Waals surface area contributed by atoms with Crippen molar-refractivity contribution in [2.75, 3.05) is 19.6 Å². The minimum Gasteiger partial charge on any atom is -0.387 e. The number of hydrogen-bond acceptors (Lipinski definition) is 3. The fourth-order valence-electron chi connectivity index (χ4n) is 7.23. The zero-order chi connectivity index (χ0) is 21.6. The number of aliphatic hydroxyl groups excluding tert-OH is 1. The number of nitrogens with zero attached hydrogens (tertiary/aromatic N) is 1. The number of allylic oxidation sites excluding steroid dienone is 5. The molecule has 0 aromatic heterocycles. The molecule has 0 amide bonds. The average Bonchev–Trinajstić information content (AvgIpc) is 3.14. The first-order valence-corrected chi connectivity index (χ1v) is 13.6. The van der Waals surface area contributed by atoms with E-state index in [4.69, 9.17) is 0 Å². The Bertz CT molecular complexity index is 851. The smallest absolute Gasteiger partial charge is 0.0965 e. The highest BCUT2D eigenvalue weighted by atomic mass is 79.9. The second-order valence-corrected chi connectivity index (χ2v) is 12.6. The topological polar surface area (TPSA) is 44.6 Å². The first-order valence-electron chi connectivity index (χ1n) is 11.9. The van der Waals surface area contributed by atoms with Gasteiger partial charge in [0.25, 0.3) is 0 Å². The number of halogens is 2. The summed E-state index contributed by atoms with van der Waals surface area (Å²) in [7, 11) is 0. The molecule has 4 bridgehead atoms. The van der Waals surface area contributed by atoms with Crippen LogP contribution in [0, 0.1) is 29.1 Å². The molecule has 4 saturated carbocycles. The summed E-state index contributed by atoms with van der Waals surface area (Å²) in [4.78, 5) is 4.46. The average molecular weight is 550 g/mol. The third-order valence-corrected chi connectivity index (χ3v) is 9.58. The van der Waals surface area contributed by atoms with Gasteiger partial charge in [0.15, 0.2) is 0 Å². The first-order chi connectivity index (χ1) is 14.9. The minimum atomic E-state index is -0.543. The van der Waals surface area contributed by atoms with Crippen molar-refractivity contribution < 1.29 is 5.11 Å². The van der Waals surface area contributed by atoms with E-state index in [9.17, 15) is 5.11 Å². The van der Waals surface area contributed by atoms with Crippen molar-refractivity contribution in [2.24, 2.45) is 34.1 Å². The van der Waals surface area contributed by atoms with Crippen LogP contribution in [0.1, 0.15) is 45.4 Å². The number of alkyl halides is 1. The Balaban J connectivity index is 1.10. The lowest BCUT2D eigenvalue weighted by molar-refractivity contribution is 0.178. The van der Waals surface area contributed by atoms with Gasteiger partial charge in [0.05, 0.1) is 17.5 Å². The molecule has 5 atom stereocenters. The van der Waals surface area contributed by atoms with E-state index >= 15 is 0 Å². The Morgan fingerprint density at radius 1 is 1.19 bits per heavy atom. The lowest BCUT2D eigenvalue weighted by atomic mass is 9.62. The van der Waals surface area contributed by atoms with Gasteiger partial charge in [0.1, 0.15) is 0 Å². The van der Waals surface area contributed by atoms with Crippen LogP contribution in [0.25, 0.3) is 0 Å². The Kier molecular flexibility index (Phi) is 6.51. The number of nitrogens with one attached hydrogen (secondary N) is 1. The van der Waals surface area contributed by atoms with Crippen molar-refractivity contribution in [3.63, 3.8) is 0 Å². The van der Waals surface area contributed by atoms with Gasteiger partial charge in [-0.25, -0.2) is 0 Å². The molecular weight excluding hydrogens is 516 g/mol. The molecule has 5 unspecified atom stereocenters. The molecule has 6 aliphatic carbocycles. The van der Waals surface area contributed by atoms with Crippen LogP contribution in [0.3, 0.4) is 0 Å². The molecule has 168 valence electrons. The zero-order valence-corrected chi connectivity index (χ0v) is 21.5. The molecule has 0 aromatic carbocycles. The standard InChI is InChI=1S/C26H34Br2N2O/c1-16-4-18(8-22(5-16)26-11-17-6-19(12-26)20(7-17)13-26)14-29-2-3-30-15-21-9-23(27)10-24(28)25(21)31/h4-5,9-10,15,17-20,24-25,29,31H,2-3,6-8,11-14H2,1H3/b30-15+. The van der Waals surface area contributed by atoms with Crippen molar-refractivity contribution in [3.05, 3.63) is 45.5 Å². The maximum atomic E-state index is 10.2. The lowest BCUT2D eigenvalue weighted by Crippen LogP contribution is -2.33. The Morgan fingerprint density at radius 3 is 2.71 bits per heavy atom. The molecule has 2 N–H and O–H groups in total. The summed E-state index contributed by atoms with van der Waals surface area (Å²) in [6.45, 7) is 4.91. The minimum absolute atomic E-state index is 0.0697. The second kappa shape index (κ2) is 9.04. The van der Waals surface area contributed by atoms with Crippen LogP contribution in [0.2, 0.25) is 0 Å². The van der Waals surface area contributed by atoms with Crippen LogP contribution in [0.4, 0.5) is 0 Å². The van der Waals surface area contributed by atoms with E-state index in [1.54, 1.807) is 5.57 Å². The highest BCUT2D eigenvalue weighted by Gasteiger charge is 2.57. The van der Waals surface area contributed by atoms with Gasteiger partial charge in [-0.05, 0) is 80.6 Å². The SMILES string of the molecule is CC1=CC(CNCC/N=C/C2=CC(Br)=CC(Br)C2O)CC(C23CC4CC(C2)C(C4)C3)=C1. The third-order valence-electron chi connectivity index (χ3n) is 8.32. The van der Waals surface area contributed by atoms with Gasteiger partial charge in [-0.15, -0.1) is 0 Å². The van der Waals surface area contributed by atoms with E-state index in [-0.39, 0.29) is 4.83 Å². The second-order valence-electron chi connectivity index (χ2n) is 10.6. The van der Waals surface area contributed by atoms with Crippen molar-refractivity contribution in [1.82, 2.24) is 5.32 Å². The molecule has 0 heterocycles.